The molecule has 0 aromatic heterocycles. The summed E-state index contributed by atoms with van der Waals surface area (Å²) in [5.41, 5.74) is 0. The van der Waals surface area contributed by atoms with Gasteiger partial charge in [0.05, 0.1) is 0 Å². The third-order valence-corrected chi connectivity index (χ3v) is 1.99. The molecule has 0 spiro atoms. The smallest absolute Gasteiger partial charge is 0.415 e. The lowest BCUT2D eigenvalue weighted by Crippen LogP contribution is -2.34. The molecule has 0 aliphatic rings. The Labute approximate surface area is 85.6 Å². The highest BCUT2D eigenvalue weighted by Gasteiger charge is 2.16. The SMILES string of the molecule is CC(OC(=O)OC(C)N(C)C)N(C)C. The van der Waals surface area contributed by atoms with Crippen molar-refractivity contribution in [1.29, 1.82) is 0 Å². The molecule has 0 amide bonds. The standard InChI is InChI=1S/C9H20N2O3/c1-7(10(3)4)13-9(12)14-8(2)11(5)6/h7-8H,1-6H3. The molecule has 84 valence electrons. The zero-order chi connectivity index (χ0) is 11.3. The van der Waals surface area contributed by atoms with E-state index in [1.165, 1.54) is 0 Å². The van der Waals surface area contributed by atoms with Crippen molar-refractivity contribution < 1.29 is 14.3 Å². The van der Waals surface area contributed by atoms with Gasteiger partial charge in [-0.05, 0) is 42.0 Å². The summed E-state index contributed by atoms with van der Waals surface area (Å²) in [6.07, 6.45) is -1.21. The van der Waals surface area contributed by atoms with E-state index in [2.05, 4.69) is 0 Å². The highest BCUT2D eigenvalue weighted by Crippen LogP contribution is 2.01. The molecule has 2 unspecified atom stereocenters. The first kappa shape index (κ1) is 13.2. The van der Waals surface area contributed by atoms with Crippen LogP contribution in [0.5, 0.6) is 0 Å². The summed E-state index contributed by atoms with van der Waals surface area (Å²) in [4.78, 5) is 14.7. The minimum Gasteiger partial charge on any atom is -0.415 e. The van der Waals surface area contributed by atoms with Crippen LogP contribution in [0.2, 0.25) is 0 Å². The molecular weight excluding hydrogens is 184 g/mol. The van der Waals surface area contributed by atoms with E-state index >= 15 is 0 Å². The number of carbonyl (C=O) groups excluding carboxylic acids is 1. The van der Waals surface area contributed by atoms with Crippen LogP contribution in [0.25, 0.3) is 0 Å². The molecule has 0 saturated carbocycles. The number of hydrogen-bond acceptors (Lipinski definition) is 5. The van der Waals surface area contributed by atoms with Crippen LogP contribution in [0.15, 0.2) is 0 Å². The predicted octanol–water partition coefficient (Wildman–Crippen LogP) is 0.955. The zero-order valence-electron chi connectivity index (χ0n) is 9.77. The van der Waals surface area contributed by atoms with Gasteiger partial charge in [-0.2, -0.15) is 0 Å². The summed E-state index contributed by atoms with van der Waals surface area (Å²) >= 11 is 0. The van der Waals surface area contributed by atoms with Gasteiger partial charge in [-0.25, -0.2) is 4.79 Å². The Hall–Kier alpha value is -0.810. The van der Waals surface area contributed by atoms with E-state index in [1.807, 2.05) is 28.2 Å². The molecule has 0 radical (unpaired) electrons. The highest BCUT2D eigenvalue weighted by atomic mass is 16.7. The van der Waals surface area contributed by atoms with Gasteiger partial charge in [-0.15, -0.1) is 0 Å². The summed E-state index contributed by atoms with van der Waals surface area (Å²) < 4.78 is 9.94. The van der Waals surface area contributed by atoms with Crippen LogP contribution < -0.4 is 0 Å². The van der Waals surface area contributed by atoms with E-state index in [-0.39, 0.29) is 12.5 Å². The van der Waals surface area contributed by atoms with Gasteiger partial charge in [-0.1, -0.05) is 0 Å². The molecule has 0 bridgehead atoms. The van der Waals surface area contributed by atoms with Crippen molar-refractivity contribution in [2.75, 3.05) is 28.2 Å². The van der Waals surface area contributed by atoms with Crippen LogP contribution in [0.4, 0.5) is 4.79 Å². The van der Waals surface area contributed by atoms with Crippen LogP contribution >= 0.6 is 0 Å². The molecular formula is C9H20N2O3. The second kappa shape index (κ2) is 5.82. The number of rotatable bonds is 4. The third-order valence-electron chi connectivity index (χ3n) is 1.99. The average molecular weight is 204 g/mol. The summed E-state index contributed by atoms with van der Waals surface area (Å²) in [5.74, 6) is 0. The van der Waals surface area contributed by atoms with Crippen molar-refractivity contribution in [3.63, 3.8) is 0 Å². The lowest BCUT2D eigenvalue weighted by atomic mass is 10.6. The van der Waals surface area contributed by atoms with Crippen LogP contribution in [-0.2, 0) is 9.47 Å². The first-order valence-corrected chi connectivity index (χ1v) is 4.54. The molecule has 0 fully saturated rings. The fourth-order valence-electron chi connectivity index (χ4n) is 0.517. The summed E-state index contributed by atoms with van der Waals surface area (Å²) in [5, 5.41) is 0. The Balaban J connectivity index is 3.87. The second-order valence-electron chi connectivity index (χ2n) is 3.61. The monoisotopic (exact) mass is 204 g/mol. The molecule has 5 nitrogen and oxygen atoms in total. The van der Waals surface area contributed by atoms with Gasteiger partial charge in [0.2, 0.25) is 0 Å². The maximum absolute atomic E-state index is 11.2. The van der Waals surface area contributed by atoms with Crippen LogP contribution in [0, 0.1) is 0 Å². The van der Waals surface area contributed by atoms with Gasteiger partial charge in [0, 0.05) is 0 Å². The molecule has 5 heteroatoms. The lowest BCUT2D eigenvalue weighted by Gasteiger charge is -2.23. The molecule has 0 aromatic carbocycles. The van der Waals surface area contributed by atoms with Crippen molar-refractivity contribution in [2.24, 2.45) is 0 Å². The van der Waals surface area contributed by atoms with Crippen molar-refractivity contribution in [1.82, 2.24) is 9.80 Å². The van der Waals surface area contributed by atoms with Crippen LogP contribution in [0.3, 0.4) is 0 Å². The molecule has 0 rings (SSSR count). The topological polar surface area (TPSA) is 42.0 Å². The second-order valence-corrected chi connectivity index (χ2v) is 3.61. The molecule has 0 saturated heterocycles. The van der Waals surface area contributed by atoms with Gasteiger partial charge in [-0.3, -0.25) is 9.80 Å². The lowest BCUT2D eigenvalue weighted by molar-refractivity contribution is -0.0595. The predicted molar refractivity (Wildman–Crippen MR) is 53.9 cm³/mol. The third kappa shape index (κ3) is 5.04. The van der Waals surface area contributed by atoms with Crippen molar-refractivity contribution in [3.05, 3.63) is 0 Å². The van der Waals surface area contributed by atoms with E-state index in [9.17, 15) is 4.79 Å². The number of ether oxygens (including phenoxy) is 2. The molecule has 0 aliphatic heterocycles. The fourth-order valence-corrected chi connectivity index (χ4v) is 0.517. The van der Waals surface area contributed by atoms with E-state index in [4.69, 9.17) is 9.47 Å². The largest absolute Gasteiger partial charge is 0.511 e. The van der Waals surface area contributed by atoms with E-state index < -0.39 is 6.16 Å². The van der Waals surface area contributed by atoms with E-state index in [1.54, 1.807) is 23.6 Å². The Bertz CT molecular complexity index is 165. The zero-order valence-corrected chi connectivity index (χ0v) is 9.77. The van der Waals surface area contributed by atoms with Gasteiger partial charge in [0.15, 0.2) is 12.5 Å². The van der Waals surface area contributed by atoms with Crippen molar-refractivity contribution >= 4 is 6.16 Å². The number of nitrogens with zero attached hydrogens (tertiary/aromatic N) is 2. The van der Waals surface area contributed by atoms with E-state index in [0.29, 0.717) is 0 Å². The Morgan fingerprint density at radius 1 is 0.929 bits per heavy atom. The van der Waals surface area contributed by atoms with Gasteiger partial charge < -0.3 is 9.47 Å². The Morgan fingerprint density at radius 2 is 1.21 bits per heavy atom. The number of hydrogen-bond donors (Lipinski definition) is 0. The minimum atomic E-state index is -0.646. The van der Waals surface area contributed by atoms with Gasteiger partial charge in [0.1, 0.15) is 0 Å². The normalized spacial score (nSPS) is 15.4. The molecule has 0 aliphatic carbocycles. The maximum Gasteiger partial charge on any atom is 0.511 e. The fraction of sp³-hybridized carbons (Fsp3) is 0.889. The van der Waals surface area contributed by atoms with E-state index in [0.717, 1.165) is 0 Å². The Kier molecular flexibility index (Phi) is 5.49. The molecule has 2 atom stereocenters. The van der Waals surface area contributed by atoms with Crippen molar-refractivity contribution in [2.45, 2.75) is 26.3 Å². The summed E-state index contributed by atoms with van der Waals surface area (Å²) in [6, 6.07) is 0. The molecule has 14 heavy (non-hydrogen) atoms. The van der Waals surface area contributed by atoms with Crippen LogP contribution in [-0.4, -0.2) is 56.6 Å². The first-order chi connectivity index (χ1) is 6.34. The average Bonchev–Trinajstić information content (AvgIpc) is 2.03. The molecule has 0 heterocycles. The van der Waals surface area contributed by atoms with Crippen LogP contribution in [0.1, 0.15) is 13.8 Å². The molecule has 0 N–H and O–H groups in total. The highest BCUT2D eigenvalue weighted by molar-refractivity contribution is 5.60. The maximum atomic E-state index is 11.2. The van der Waals surface area contributed by atoms with Gasteiger partial charge in [0.25, 0.3) is 0 Å². The molecule has 0 aromatic rings. The summed E-state index contributed by atoms with van der Waals surface area (Å²) in [7, 11) is 7.31. The first-order valence-electron chi connectivity index (χ1n) is 4.54. The minimum absolute atomic E-state index is 0.281. The number of carbonyl (C=O) groups is 1. The van der Waals surface area contributed by atoms with Crippen molar-refractivity contribution in [3.8, 4) is 0 Å². The Morgan fingerprint density at radius 3 is 1.43 bits per heavy atom. The van der Waals surface area contributed by atoms with Gasteiger partial charge >= 0.3 is 6.16 Å². The quantitative estimate of drug-likeness (QED) is 0.504. The summed E-state index contributed by atoms with van der Waals surface area (Å²) in [6.45, 7) is 3.56.